The Morgan fingerprint density at radius 2 is 1.77 bits per heavy atom. The minimum absolute atomic E-state index is 0.154. The predicted molar refractivity (Wildman–Crippen MR) is 125 cm³/mol. The fourth-order valence-corrected chi connectivity index (χ4v) is 6.90. The summed E-state index contributed by atoms with van der Waals surface area (Å²) >= 11 is 3.55. The SMILES string of the molecule is CCN([C@H]1CC[C@H](CCN2CCC(Cc3cc(F)ccc3Br)CC2)CC1)S(C)(=O)=O. The molecule has 4 nitrogen and oxygen atoms in total. The van der Waals surface area contributed by atoms with Crippen molar-refractivity contribution in [3.05, 3.63) is 34.1 Å². The van der Waals surface area contributed by atoms with Crippen molar-refractivity contribution in [2.45, 2.75) is 64.3 Å². The summed E-state index contributed by atoms with van der Waals surface area (Å²) in [4.78, 5) is 2.58. The average Bonchev–Trinajstić information content (AvgIpc) is 2.71. The van der Waals surface area contributed by atoms with Crippen LogP contribution in [0.15, 0.2) is 22.7 Å². The topological polar surface area (TPSA) is 40.6 Å². The third kappa shape index (κ3) is 6.75. The van der Waals surface area contributed by atoms with E-state index in [1.165, 1.54) is 31.6 Å². The van der Waals surface area contributed by atoms with Gasteiger partial charge in [0.1, 0.15) is 5.82 Å². The lowest BCUT2D eigenvalue weighted by Gasteiger charge is -2.36. The molecule has 1 aliphatic heterocycles. The molecule has 7 heteroatoms. The summed E-state index contributed by atoms with van der Waals surface area (Å²) in [5.41, 5.74) is 1.08. The molecule has 0 N–H and O–H groups in total. The minimum atomic E-state index is -3.09. The molecule has 1 aliphatic carbocycles. The molecular formula is C23H36BrFN2O2S. The quantitative estimate of drug-likeness (QED) is 0.497. The molecule has 2 aliphatic rings. The molecule has 0 aromatic heterocycles. The highest BCUT2D eigenvalue weighted by molar-refractivity contribution is 9.10. The van der Waals surface area contributed by atoms with E-state index < -0.39 is 10.0 Å². The molecule has 0 radical (unpaired) electrons. The van der Waals surface area contributed by atoms with Crippen molar-refractivity contribution in [1.82, 2.24) is 9.21 Å². The Bertz CT molecular complexity index is 788. The second-order valence-corrected chi connectivity index (χ2v) is 11.9. The largest absolute Gasteiger partial charge is 0.303 e. The summed E-state index contributed by atoms with van der Waals surface area (Å²) < 4.78 is 40.1. The van der Waals surface area contributed by atoms with Gasteiger partial charge in [0.05, 0.1) is 6.26 Å². The van der Waals surface area contributed by atoms with Gasteiger partial charge in [-0.05, 0) is 107 Å². The predicted octanol–water partition coefficient (Wildman–Crippen LogP) is 5.07. The van der Waals surface area contributed by atoms with Gasteiger partial charge < -0.3 is 4.90 Å². The van der Waals surface area contributed by atoms with Crippen molar-refractivity contribution in [3.8, 4) is 0 Å². The molecular weight excluding hydrogens is 467 g/mol. The molecule has 2 fully saturated rings. The normalized spacial score (nSPS) is 24.4. The van der Waals surface area contributed by atoms with Crippen LogP contribution in [0, 0.1) is 17.7 Å². The lowest BCUT2D eigenvalue weighted by molar-refractivity contribution is 0.156. The third-order valence-electron chi connectivity index (χ3n) is 7.04. The first-order chi connectivity index (χ1) is 14.3. The molecule has 170 valence electrons. The number of rotatable bonds is 8. The molecule has 1 aromatic rings. The zero-order chi connectivity index (χ0) is 21.7. The lowest BCUT2D eigenvalue weighted by Crippen LogP contribution is -2.42. The minimum Gasteiger partial charge on any atom is -0.303 e. The zero-order valence-electron chi connectivity index (χ0n) is 18.3. The molecule has 30 heavy (non-hydrogen) atoms. The van der Waals surface area contributed by atoms with Crippen LogP contribution in [0.5, 0.6) is 0 Å². The van der Waals surface area contributed by atoms with Crippen molar-refractivity contribution in [2.75, 3.05) is 32.4 Å². The number of hydrogen-bond acceptors (Lipinski definition) is 3. The fraction of sp³-hybridized carbons (Fsp3) is 0.739. The fourth-order valence-electron chi connectivity index (χ4n) is 5.28. The van der Waals surface area contributed by atoms with Crippen LogP contribution in [-0.4, -0.2) is 56.1 Å². The number of hydrogen-bond donors (Lipinski definition) is 0. The molecule has 1 heterocycles. The first-order valence-corrected chi connectivity index (χ1v) is 14.0. The molecule has 1 saturated heterocycles. The highest BCUT2D eigenvalue weighted by atomic mass is 79.9. The van der Waals surface area contributed by atoms with Gasteiger partial charge in [-0.15, -0.1) is 0 Å². The zero-order valence-corrected chi connectivity index (χ0v) is 20.7. The molecule has 3 rings (SSSR count). The van der Waals surface area contributed by atoms with Gasteiger partial charge in [0.15, 0.2) is 0 Å². The van der Waals surface area contributed by atoms with E-state index in [1.807, 2.05) is 13.0 Å². The Kier molecular flexibility index (Phi) is 8.76. The van der Waals surface area contributed by atoms with Gasteiger partial charge in [0, 0.05) is 17.1 Å². The van der Waals surface area contributed by atoms with Crippen LogP contribution in [-0.2, 0) is 16.4 Å². The summed E-state index contributed by atoms with van der Waals surface area (Å²) in [5.74, 6) is 1.20. The first-order valence-electron chi connectivity index (χ1n) is 11.4. The molecule has 1 aromatic carbocycles. The standard InChI is InChI=1S/C23H36BrFN2O2S/c1-3-27(30(2,28)29)22-7-4-18(5-8-22)10-13-26-14-11-19(12-15-26)16-20-17-21(25)6-9-23(20)24/h6,9,17-19,22H,3-5,7-8,10-16H2,1-2H3/t18-,22-. The van der Waals surface area contributed by atoms with Crippen LogP contribution in [0.25, 0.3) is 0 Å². The van der Waals surface area contributed by atoms with Crippen molar-refractivity contribution in [1.29, 1.82) is 0 Å². The van der Waals surface area contributed by atoms with Crippen LogP contribution in [0.4, 0.5) is 4.39 Å². The van der Waals surface area contributed by atoms with E-state index in [1.54, 1.807) is 10.4 Å². The Labute approximate surface area is 190 Å². The van der Waals surface area contributed by atoms with Crippen LogP contribution < -0.4 is 0 Å². The number of nitrogens with zero attached hydrogens (tertiary/aromatic N) is 2. The van der Waals surface area contributed by atoms with Crippen molar-refractivity contribution in [3.63, 3.8) is 0 Å². The van der Waals surface area contributed by atoms with E-state index in [9.17, 15) is 12.8 Å². The van der Waals surface area contributed by atoms with Crippen LogP contribution in [0.1, 0.15) is 57.4 Å². The van der Waals surface area contributed by atoms with Crippen LogP contribution in [0.3, 0.4) is 0 Å². The number of benzene rings is 1. The van der Waals surface area contributed by atoms with Gasteiger partial charge in [-0.25, -0.2) is 12.8 Å². The second-order valence-electron chi connectivity index (χ2n) is 9.15. The maximum Gasteiger partial charge on any atom is 0.211 e. The Morgan fingerprint density at radius 1 is 1.10 bits per heavy atom. The van der Waals surface area contributed by atoms with Crippen molar-refractivity contribution >= 4 is 26.0 Å². The Morgan fingerprint density at radius 3 is 2.37 bits per heavy atom. The molecule has 0 amide bonds. The maximum atomic E-state index is 13.5. The smallest absolute Gasteiger partial charge is 0.211 e. The van der Waals surface area contributed by atoms with E-state index in [-0.39, 0.29) is 11.9 Å². The van der Waals surface area contributed by atoms with Gasteiger partial charge in [0.2, 0.25) is 10.0 Å². The summed E-state index contributed by atoms with van der Waals surface area (Å²) in [5, 5.41) is 0. The average molecular weight is 504 g/mol. The monoisotopic (exact) mass is 502 g/mol. The molecule has 0 bridgehead atoms. The first kappa shape index (κ1) is 24.1. The molecule has 1 saturated carbocycles. The number of sulfonamides is 1. The van der Waals surface area contributed by atoms with Crippen molar-refractivity contribution < 1.29 is 12.8 Å². The summed E-state index contributed by atoms with van der Waals surface area (Å²) in [7, 11) is -3.09. The highest BCUT2D eigenvalue weighted by Gasteiger charge is 2.30. The second kappa shape index (κ2) is 10.9. The highest BCUT2D eigenvalue weighted by Crippen LogP contribution is 2.32. The van der Waals surface area contributed by atoms with Gasteiger partial charge in [-0.3, -0.25) is 0 Å². The number of likely N-dealkylation sites (tertiary alicyclic amines) is 1. The molecule has 0 spiro atoms. The molecule has 0 unspecified atom stereocenters. The third-order valence-corrected chi connectivity index (χ3v) is 9.22. The van der Waals surface area contributed by atoms with E-state index in [2.05, 4.69) is 20.8 Å². The number of halogens is 2. The van der Waals surface area contributed by atoms with Crippen LogP contribution >= 0.6 is 15.9 Å². The molecule has 0 atom stereocenters. The van der Waals surface area contributed by atoms with Crippen LogP contribution in [0.2, 0.25) is 0 Å². The number of piperidine rings is 1. The van der Waals surface area contributed by atoms with E-state index in [4.69, 9.17) is 0 Å². The van der Waals surface area contributed by atoms with Crippen molar-refractivity contribution in [2.24, 2.45) is 11.8 Å². The van der Waals surface area contributed by atoms with Gasteiger partial charge >= 0.3 is 0 Å². The Hall–Kier alpha value is -0.500. The van der Waals surface area contributed by atoms with Gasteiger partial charge in [-0.1, -0.05) is 22.9 Å². The van der Waals surface area contributed by atoms with Gasteiger partial charge in [0.25, 0.3) is 0 Å². The maximum absolute atomic E-state index is 13.5. The van der Waals surface area contributed by atoms with E-state index in [0.717, 1.165) is 67.7 Å². The van der Waals surface area contributed by atoms with Gasteiger partial charge in [-0.2, -0.15) is 4.31 Å². The van der Waals surface area contributed by atoms with E-state index >= 15 is 0 Å². The lowest BCUT2D eigenvalue weighted by atomic mass is 9.83. The summed E-state index contributed by atoms with van der Waals surface area (Å²) in [6.07, 6.45) is 10.1. The summed E-state index contributed by atoms with van der Waals surface area (Å²) in [6, 6.07) is 5.17. The Balaban J connectivity index is 1.37. The van der Waals surface area contributed by atoms with E-state index in [0.29, 0.717) is 12.5 Å². The summed E-state index contributed by atoms with van der Waals surface area (Å²) in [6.45, 7) is 5.92.